The Labute approximate surface area is 126 Å². The molecule has 0 aromatic carbocycles. The lowest BCUT2D eigenvalue weighted by molar-refractivity contribution is 0.000225. The van der Waals surface area contributed by atoms with Crippen molar-refractivity contribution in [2.24, 2.45) is 5.92 Å². The third kappa shape index (κ3) is 3.86. The van der Waals surface area contributed by atoms with E-state index in [1.165, 1.54) is 57.8 Å². The van der Waals surface area contributed by atoms with Crippen LogP contribution in [0.15, 0.2) is 0 Å². The number of hydrogen-bond acceptors (Lipinski definition) is 2. The molecule has 2 saturated carbocycles. The van der Waals surface area contributed by atoms with Gasteiger partial charge in [0.05, 0.1) is 5.60 Å². The largest absolute Gasteiger partial charge is 0.394 e. The molecule has 0 aliphatic heterocycles. The number of hydrogen-bond donors (Lipinski definition) is 0. The molecule has 0 N–H and O–H groups in total. The Morgan fingerprint density at radius 3 is 2.05 bits per heavy atom. The Bertz CT molecular complexity index is 293. The molecule has 118 valence electrons. The first-order valence-electron chi connectivity index (χ1n) is 8.82. The smallest absolute Gasteiger partial charge is 0.338 e. The lowest BCUT2D eigenvalue weighted by Crippen LogP contribution is -2.52. The zero-order valence-corrected chi connectivity index (χ0v) is 15.0. The molecule has 2 rings (SSSR count). The average Bonchev–Trinajstić information content (AvgIpc) is 2.94. The van der Waals surface area contributed by atoms with Crippen LogP contribution in [0.2, 0.25) is 12.1 Å². The molecule has 0 bridgehead atoms. The minimum atomic E-state index is -2.05. The van der Waals surface area contributed by atoms with E-state index >= 15 is 0 Å². The summed E-state index contributed by atoms with van der Waals surface area (Å²) in [6.07, 6.45) is 12.2. The molecule has 1 atom stereocenters. The second-order valence-electron chi connectivity index (χ2n) is 7.47. The van der Waals surface area contributed by atoms with Crippen molar-refractivity contribution in [1.82, 2.24) is 0 Å². The van der Waals surface area contributed by atoms with E-state index < -0.39 is 8.56 Å². The number of rotatable bonds is 6. The quantitative estimate of drug-likeness (QED) is 0.610. The summed E-state index contributed by atoms with van der Waals surface area (Å²) in [6.45, 7) is 9.90. The standard InChI is InChI=1S/C17H34O2Si/c1-5-18-20(4,16-13-7-6-8-14-16)19-17(2,3)15-11-9-10-12-15/h15-16H,5-14H2,1-4H3. The average molecular weight is 299 g/mol. The predicted molar refractivity (Wildman–Crippen MR) is 87.2 cm³/mol. The topological polar surface area (TPSA) is 18.5 Å². The maximum atomic E-state index is 6.81. The van der Waals surface area contributed by atoms with Gasteiger partial charge in [0.2, 0.25) is 0 Å². The Morgan fingerprint density at radius 1 is 0.950 bits per heavy atom. The second-order valence-corrected chi connectivity index (χ2v) is 10.8. The minimum Gasteiger partial charge on any atom is -0.394 e. The molecule has 0 heterocycles. The third-order valence-corrected chi connectivity index (χ3v) is 9.44. The van der Waals surface area contributed by atoms with Crippen molar-refractivity contribution in [3.05, 3.63) is 0 Å². The summed E-state index contributed by atoms with van der Waals surface area (Å²) in [5, 5.41) is 0. The van der Waals surface area contributed by atoms with Crippen molar-refractivity contribution < 1.29 is 8.85 Å². The first-order chi connectivity index (χ1) is 9.48. The van der Waals surface area contributed by atoms with E-state index in [2.05, 4.69) is 27.3 Å². The molecule has 0 spiro atoms. The molecule has 1 unspecified atom stereocenters. The summed E-state index contributed by atoms with van der Waals surface area (Å²) in [5.74, 6) is 0.735. The van der Waals surface area contributed by atoms with Gasteiger partial charge in [0.15, 0.2) is 0 Å². The minimum absolute atomic E-state index is 0.00406. The van der Waals surface area contributed by atoms with E-state index in [0.717, 1.165) is 12.5 Å². The van der Waals surface area contributed by atoms with Crippen LogP contribution in [-0.4, -0.2) is 20.8 Å². The van der Waals surface area contributed by atoms with Gasteiger partial charge in [-0.05, 0) is 58.9 Å². The van der Waals surface area contributed by atoms with E-state index in [9.17, 15) is 0 Å². The molecule has 3 heteroatoms. The van der Waals surface area contributed by atoms with Crippen LogP contribution in [0.25, 0.3) is 0 Å². The third-order valence-electron chi connectivity index (χ3n) is 5.58. The molecular weight excluding hydrogens is 264 g/mol. The first-order valence-corrected chi connectivity index (χ1v) is 11.2. The fourth-order valence-electron chi connectivity index (χ4n) is 4.37. The maximum absolute atomic E-state index is 6.81. The maximum Gasteiger partial charge on any atom is 0.338 e. The van der Waals surface area contributed by atoms with Crippen LogP contribution in [0.1, 0.15) is 78.6 Å². The molecule has 2 aliphatic rings. The fourth-order valence-corrected chi connectivity index (χ4v) is 8.07. The van der Waals surface area contributed by atoms with Crippen LogP contribution >= 0.6 is 0 Å². The summed E-state index contributed by atoms with van der Waals surface area (Å²) >= 11 is 0. The Balaban J connectivity index is 2.06. The van der Waals surface area contributed by atoms with Crippen molar-refractivity contribution in [1.29, 1.82) is 0 Å². The van der Waals surface area contributed by atoms with Gasteiger partial charge in [0, 0.05) is 12.1 Å². The molecule has 2 aliphatic carbocycles. The summed E-state index contributed by atoms with van der Waals surface area (Å²) in [7, 11) is -2.05. The van der Waals surface area contributed by atoms with Gasteiger partial charge in [0.1, 0.15) is 0 Å². The molecule has 0 saturated heterocycles. The molecule has 2 nitrogen and oxygen atoms in total. The van der Waals surface area contributed by atoms with Gasteiger partial charge in [0.25, 0.3) is 0 Å². The van der Waals surface area contributed by atoms with E-state index in [1.807, 2.05) is 0 Å². The van der Waals surface area contributed by atoms with Crippen molar-refractivity contribution in [3.63, 3.8) is 0 Å². The molecule has 0 aromatic rings. The summed E-state index contributed by atoms with van der Waals surface area (Å²) in [4.78, 5) is 0. The second kappa shape index (κ2) is 6.93. The highest BCUT2D eigenvalue weighted by Crippen LogP contribution is 2.44. The fraction of sp³-hybridized carbons (Fsp3) is 1.00. The highest BCUT2D eigenvalue weighted by molar-refractivity contribution is 6.67. The summed E-state index contributed by atoms with van der Waals surface area (Å²) in [6, 6.07) is 0. The zero-order valence-electron chi connectivity index (χ0n) is 14.0. The highest BCUT2D eigenvalue weighted by atomic mass is 28.4. The molecule has 0 radical (unpaired) electrons. The van der Waals surface area contributed by atoms with Gasteiger partial charge in [-0.15, -0.1) is 0 Å². The van der Waals surface area contributed by atoms with E-state index in [1.54, 1.807) is 0 Å². The van der Waals surface area contributed by atoms with E-state index in [-0.39, 0.29) is 5.60 Å². The van der Waals surface area contributed by atoms with Crippen molar-refractivity contribution in [2.45, 2.75) is 96.2 Å². The Hall–Kier alpha value is 0.137. The summed E-state index contributed by atoms with van der Waals surface area (Å²) in [5.41, 5.74) is 0.709. The molecule has 0 amide bonds. The molecular formula is C17H34O2Si. The van der Waals surface area contributed by atoms with Crippen LogP contribution in [0.3, 0.4) is 0 Å². The monoisotopic (exact) mass is 298 g/mol. The van der Waals surface area contributed by atoms with E-state index in [0.29, 0.717) is 5.54 Å². The van der Waals surface area contributed by atoms with Crippen molar-refractivity contribution >= 4 is 8.56 Å². The van der Waals surface area contributed by atoms with Gasteiger partial charge in [-0.25, -0.2) is 0 Å². The van der Waals surface area contributed by atoms with Crippen LogP contribution in [0.5, 0.6) is 0 Å². The van der Waals surface area contributed by atoms with Crippen molar-refractivity contribution in [2.75, 3.05) is 6.61 Å². The summed E-state index contributed by atoms with van der Waals surface area (Å²) < 4.78 is 13.1. The van der Waals surface area contributed by atoms with E-state index in [4.69, 9.17) is 8.85 Å². The van der Waals surface area contributed by atoms with Crippen LogP contribution in [0, 0.1) is 5.92 Å². The van der Waals surface area contributed by atoms with Crippen LogP contribution in [-0.2, 0) is 8.85 Å². The highest BCUT2D eigenvalue weighted by Gasteiger charge is 2.47. The SMILES string of the molecule is CCO[Si](C)(OC(C)(C)C1CCCC1)C1CCCCC1. The Morgan fingerprint density at radius 2 is 1.50 bits per heavy atom. The molecule has 0 aromatic heterocycles. The van der Waals surface area contributed by atoms with Gasteiger partial charge in [-0.1, -0.05) is 32.1 Å². The molecule has 20 heavy (non-hydrogen) atoms. The zero-order chi connectivity index (χ0) is 14.6. The first kappa shape index (κ1) is 16.5. The normalized spacial score (nSPS) is 25.8. The van der Waals surface area contributed by atoms with Gasteiger partial charge in [-0.3, -0.25) is 0 Å². The van der Waals surface area contributed by atoms with Crippen molar-refractivity contribution in [3.8, 4) is 0 Å². The lowest BCUT2D eigenvalue weighted by atomic mass is 9.90. The van der Waals surface area contributed by atoms with Gasteiger partial charge in [-0.2, -0.15) is 0 Å². The van der Waals surface area contributed by atoms with Gasteiger partial charge < -0.3 is 8.85 Å². The van der Waals surface area contributed by atoms with Gasteiger partial charge >= 0.3 is 8.56 Å². The molecule has 2 fully saturated rings. The Kier molecular flexibility index (Phi) is 5.72. The lowest BCUT2D eigenvalue weighted by Gasteiger charge is -2.44. The van der Waals surface area contributed by atoms with Crippen LogP contribution in [0.4, 0.5) is 0 Å². The van der Waals surface area contributed by atoms with Crippen LogP contribution < -0.4 is 0 Å². The predicted octanol–water partition coefficient (Wildman–Crippen LogP) is 5.41.